The lowest BCUT2D eigenvalue weighted by molar-refractivity contribution is -0.122. The Morgan fingerprint density at radius 3 is 3.08 bits per heavy atom. The van der Waals surface area contributed by atoms with E-state index in [2.05, 4.69) is 5.32 Å². The van der Waals surface area contributed by atoms with E-state index in [9.17, 15) is 4.79 Å². The number of nitrogens with two attached hydrogens (primary N) is 1. The van der Waals surface area contributed by atoms with E-state index < -0.39 is 0 Å². The average Bonchev–Trinajstić information content (AvgIpc) is 2.19. The first kappa shape index (κ1) is 9.85. The van der Waals surface area contributed by atoms with Crippen molar-refractivity contribution >= 4 is 5.91 Å². The number of hydrogen-bond acceptors (Lipinski definition) is 4. The second-order valence-electron chi connectivity index (χ2n) is 2.81. The first-order valence-electron chi connectivity index (χ1n) is 4.19. The molecule has 0 saturated carbocycles. The lowest BCUT2D eigenvalue weighted by atomic mass is 10.3. The summed E-state index contributed by atoms with van der Waals surface area (Å²) in [6, 6.07) is -0.0565. The molecule has 5 heteroatoms. The maximum atomic E-state index is 11.3. The number of ether oxygens (including phenoxy) is 2. The van der Waals surface area contributed by atoms with Crippen molar-refractivity contribution in [2.45, 2.75) is 13.0 Å². The van der Waals surface area contributed by atoms with Crippen molar-refractivity contribution in [3.63, 3.8) is 0 Å². The predicted octanol–water partition coefficient (Wildman–Crippen LogP) is -0.662. The van der Waals surface area contributed by atoms with Gasteiger partial charge in [0.15, 0.2) is 0 Å². The maximum Gasteiger partial charge on any atom is 0.289 e. The van der Waals surface area contributed by atoms with Crippen LogP contribution in [0.4, 0.5) is 0 Å². The third-order valence-corrected chi connectivity index (χ3v) is 1.60. The second kappa shape index (κ2) is 4.71. The maximum absolute atomic E-state index is 11.3. The van der Waals surface area contributed by atoms with E-state index in [0.717, 1.165) is 0 Å². The van der Waals surface area contributed by atoms with Gasteiger partial charge in [0.25, 0.3) is 5.91 Å². The number of nitrogens with one attached hydrogen (secondary N) is 1. The average molecular weight is 186 g/mol. The highest BCUT2D eigenvalue weighted by Gasteiger charge is 2.15. The first-order valence-corrected chi connectivity index (χ1v) is 4.19. The van der Waals surface area contributed by atoms with Crippen LogP contribution in [0.5, 0.6) is 0 Å². The van der Waals surface area contributed by atoms with E-state index in [1.54, 1.807) is 0 Å². The Bertz CT molecular complexity index is 215. The highest BCUT2D eigenvalue weighted by Crippen LogP contribution is 2.03. The molecule has 0 spiro atoms. The van der Waals surface area contributed by atoms with Crippen molar-refractivity contribution in [1.29, 1.82) is 0 Å². The van der Waals surface area contributed by atoms with Gasteiger partial charge in [-0.25, -0.2) is 0 Å². The van der Waals surface area contributed by atoms with Crippen molar-refractivity contribution < 1.29 is 14.3 Å². The summed E-state index contributed by atoms with van der Waals surface area (Å²) in [5.74, 6) is -0.0656. The summed E-state index contributed by atoms with van der Waals surface area (Å²) in [4.78, 5) is 11.3. The number of carbonyl (C=O) groups is 1. The standard InChI is InChI=1S/C8H14N2O3/c1-6(4-9)10-8(11)7-5-12-2-3-13-7/h5-6H,2-4,9H2,1H3,(H,10,11). The highest BCUT2D eigenvalue weighted by molar-refractivity contribution is 5.91. The van der Waals surface area contributed by atoms with Crippen LogP contribution in [0.15, 0.2) is 12.0 Å². The third kappa shape index (κ3) is 2.95. The normalized spacial score (nSPS) is 17.8. The van der Waals surface area contributed by atoms with Gasteiger partial charge < -0.3 is 20.5 Å². The number of amides is 1. The molecule has 1 aliphatic heterocycles. The molecule has 0 aromatic carbocycles. The summed E-state index contributed by atoms with van der Waals surface area (Å²) in [6.07, 6.45) is 1.32. The summed E-state index contributed by atoms with van der Waals surface area (Å²) in [5.41, 5.74) is 5.34. The summed E-state index contributed by atoms with van der Waals surface area (Å²) >= 11 is 0. The monoisotopic (exact) mass is 186 g/mol. The van der Waals surface area contributed by atoms with Crippen molar-refractivity contribution in [2.24, 2.45) is 5.73 Å². The molecule has 1 atom stereocenters. The van der Waals surface area contributed by atoms with E-state index in [1.165, 1.54) is 6.26 Å². The third-order valence-electron chi connectivity index (χ3n) is 1.60. The second-order valence-corrected chi connectivity index (χ2v) is 2.81. The minimum absolute atomic E-state index is 0.0565. The van der Waals surface area contributed by atoms with E-state index >= 15 is 0 Å². The van der Waals surface area contributed by atoms with Gasteiger partial charge in [-0.3, -0.25) is 4.79 Å². The molecule has 13 heavy (non-hydrogen) atoms. The van der Waals surface area contributed by atoms with Crippen LogP contribution < -0.4 is 11.1 Å². The quantitative estimate of drug-likeness (QED) is 0.613. The number of hydrogen-bond donors (Lipinski definition) is 2. The van der Waals surface area contributed by atoms with Crippen LogP contribution in [0, 0.1) is 0 Å². The van der Waals surface area contributed by atoms with Crippen LogP contribution >= 0.6 is 0 Å². The van der Waals surface area contributed by atoms with E-state index in [0.29, 0.717) is 19.8 Å². The Morgan fingerprint density at radius 1 is 1.77 bits per heavy atom. The number of rotatable bonds is 3. The smallest absolute Gasteiger partial charge is 0.289 e. The predicted molar refractivity (Wildman–Crippen MR) is 46.6 cm³/mol. The summed E-state index contributed by atoms with van der Waals surface area (Å²) < 4.78 is 10.0. The fourth-order valence-electron chi connectivity index (χ4n) is 0.841. The fraction of sp³-hybridized carbons (Fsp3) is 0.625. The Morgan fingerprint density at radius 2 is 2.54 bits per heavy atom. The van der Waals surface area contributed by atoms with Crippen LogP contribution in [0.1, 0.15) is 6.92 Å². The highest BCUT2D eigenvalue weighted by atomic mass is 16.6. The molecule has 0 saturated heterocycles. The summed E-state index contributed by atoms with van der Waals surface area (Å²) in [6.45, 7) is 3.13. The molecule has 1 amide bonds. The molecule has 0 aromatic heterocycles. The molecule has 1 aliphatic rings. The fourth-order valence-corrected chi connectivity index (χ4v) is 0.841. The molecule has 1 unspecified atom stereocenters. The molecule has 3 N–H and O–H groups in total. The topological polar surface area (TPSA) is 73.6 Å². The lowest BCUT2D eigenvalue weighted by Crippen LogP contribution is -2.39. The molecular formula is C8H14N2O3. The minimum atomic E-state index is -0.280. The molecule has 0 aliphatic carbocycles. The van der Waals surface area contributed by atoms with E-state index in [4.69, 9.17) is 15.2 Å². The van der Waals surface area contributed by atoms with Gasteiger partial charge in [-0.2, -0.15) is 0 Å². The van der Waals surface area contributed by atoms with Crippen molar-refractivity contribution in [2.75, 3.05) is 19.8 Å². The van der Waals surface area contributed by atoms with Crippen LogP contribution in [0.3, 0.4) is 0 Å². The molecule has 0 aromatic rings. The van der Waals surface area contributed by atoms with Crippen LogP contribution in [0.25, 0.3) is 0 Å². The molecule has 5 nitrogen and oxygen atoms in total. The van der Waals surface area contributed by atoms with E-state index in [1.807, 2.05) is 6.92 Å². The summed E-state index contributed by atoms with van der Waals surface area (Å²) in [7, 11) is 0. The number of carbonyl (C=O) groups excluding carboxylic acids is 1. The molecular weight excluding hydrogens is 172 g/mol. The Balaban J connectivity index is 2.42. The molecule has 0 bridgehead atoms. The molecule has 0 fully saturated rings. The van der Waals surface area contributed by atoms with Crippen LogP contribution in [-0.2, 0) is 14.3 Å². The summed E-state index contributed by atoms with van der Waals surface area (Å²) in [5, 5.41) is 2.66. The molecule has 1 rings (SSSR count). The minimum Gasteiger partial charge on any atom is -0.494 e. The molecule has 74 valence electrons. The van der Waals surface area contributed by atoms with Gasteiger partial charge in [-0.05, 0) is 6.92 Å². The van der Waals surface area contributed by atoms with Crippen LogP contribution in [0.2, 0.25) is 0 Å². The Labute approximate surface area is 76.9 Å². The Hall–Kier alpha value is -1.23. The van der Waals surface area contributed by atoms with Gasteiger partial charge in [0.2, 0.25) is 5.76 Å². The lowest BCUT2D eigenvalue weighted by Gasteiger charge is -2.17. The van der Waals surface area contributed by atoms with Gasteiger partial charge in [-0.1, -0.05) is 0 Å². The zero-order valence-electron chi connectivity index (χ0n) is 7.58. The van der Waals surface area contributed by atoms with E-state index in [-0.39, 0.29) is 17.7 Å². The Kier molecular flexibility index (Phi) is 3.57. The first-order chi connectivity index (χ1) is 6.24. The van der Waals surface area contributed by atoms with Crippen molar-refractivity contribution in [1.82, 2.24) is 5.32 Å². The van der Waals surface area contributed by atoms with Gasteiger partial charge in [-0.15, -0.1) is 0 Å². The van der Waals surface area contributed by atoms with Crippen molar-refractivity contribution in [3.8, 4) is 0 Å². The van der Waals surface area contributed by atoms with Gasteiger partial charge in [0, 0.05) is 12.6 Å². The van der Waals surface area contributed by atoms with Gasteiger partial charge >= 0.3 is 0 Å². The zero-order valence-corrected chi connectivity index (χ0v) is 7.58. The molecule has 0 radical (unpaired) electrons. The van der Waals surface area contributed by atoms with Crippen LogP contribution in [-0.4, -0.2) is 31.7 Å². The van der Waals surface area contributed by atoms with Gasteiger partial charge in [0.05, 0.1) is 0 Å². The zero-order chi connectivity index (χ0) is 9.68. The molecule has 1 heterocycles. The van der Waals surface area contributed by atoms with Crippen molar-refractivity contribution in [3.05, 3.63) is 12.0 Å². The SMILES string of the molecule is CC(CN)NC(=O)C1=COCCO1. The van der Waals surface area contributed by atoms with Gasteiger partial charge in [0.1, 0.15) is 19.5 Å². The largest absolute Gasteiger partial charge is 0.494 e.